The Morgan fingerprint density at radius 3 is 1.97 bits per heavy atom. The molecule has 2 aromatic rings. The first-order chi connectivity index (χ1) is 14.0. The molecule has 1 amide bonds. The summed E-state index contributed by atoms with van der Waals surface area (Å²) < 4.78 is 0. The molecule has 0 N–H and O–H groups in total. The third-order valence-corrected chi connectivity index (χ3v) is 4.15. The number of benzene rings is 1. The number of aliphatic carboxylic acids is 2. The van der Waals surface area contributed by atoms with Crippen molar-refractivity contribution in [1.82, 2.24) is 14.8 Å². The van der Waals surface area contributed by atoms with E-state index >= 15 is 0 Å². The van der Waals surface area contributed by atoms with E-state index in [0.29, 0.717) is 17.8 Å². The number of carboxylic acids is 2. The number of hydrogen-bond donors (Lipinski definition) is 0. The minimum Gasteiger partial charge on any atom is -0.545 e. The van der Waals surface area contributed by atoms with Gasteiger partial charge in [0, 0.05) is 38.9 Å². The normalized spacial score (nSPS) is 14.1. The number of nitrogens with zero attached hydrogens (tertiary/aromatic N) is 3. The van der Waals surface area contributed by atoms with Crippen molar-refractivity contribution in [2.75, 3.05) is 26.2 Å². The number of amides is 1. The molecule has 2 heterocycles. The van der Waals surface area contributed by atoms with Gasteiger partial charge in [0.15, 0.2) is 0 Å². The first-order valence-electron chi connectivity index (χ1n) is 9.02. The minimum atomic E-state index is -1.55. The van der Waals surface area contributed by atoms with Crippen LogP contribution in [0.2, 0.25) is 0 Å². The van der Waals surface area contributed by atoms with E-state index in [0.717, 1.165) is 32.7 Å². The molecule has 0 bridgehead atoms. The highest BCUT2D eigenvalue weighted by atomic mass is 16.4. The van der Waals surface area contributed by atoms with E-state index in [4.69, 9.17) is 0 Å². The number of carbonyl (C=O) groups is 3. The molecule has 1 aromatic carbocycles. The van der Waals surface area contributed by atoms with Crippen LogP contribution >= 0.6 is 0 Å². The van der Waals surface area contributed by atoms with E-state index in [9.17, 15) is 24.6 Å². The number of rotatable bonds is 5. The zero-order valence-electron chi connectivity index (χ0n) is 15.8. The van der Waals surface area contributed by atoms with Crippen molar-refractivity contribution in [1.29, 1.82) is 0 Å². The summed E-state index contributed by atoms with van der Waals surface area (Å²) in [6.45, 7) is 4.30. The molecule has 152 valence electrons. The molecule has 1 fully saturated rings. The molecule has 8 heteroatoms. The van der Waals surface area contributed by atoms with Gasteiger partial charge in [-0.05, 0) is 29.8 Å². The lowest BCUT2D eigenvalue weighted by atomic mass is 10.2. The highest BCUT2D eigenvalue weighted by Gasteiger charge is 2.22. The Bertz CT molecular complexity index is 816. The number of pyridine rings is 1. The summed E-state index contributed by atoms with van der Waals surface area (Å²) in [5.74, 6) is -3.06. The van der Waals surface area contributed by atoms with Crippen LogP contribution in [-0.2, 0) is 16.1 Å². The van der Waals surface area contributed by atoms with E-state index in [1.807, 2.05) is 23.1 Å². The van der Waals surface area contributed by atoms with Crippen LogP contribution < -0.4 is 10.2 Å². The molecular weight excluding hydrogens is 374 g/mol. The summed E-state index contributed by atoms with van der Waals surface area (Å²) in [5.41, 5.74) is 1.86. The van der Waals surface area contributed by atoms with Crippen LogP contribution in [0.4, 0.5) is 0 Å². The van der Waals surface area contributed by atoms with Gasteiger partial charge in [-0.25, -0.2) is 0 Å². The molecule has 29 heavy (non-hydrogen) atoms. The molecule has 0 radical (unpaired) electrons. The fourth-order valence-electron chi connectivity index (χ4n) is 2.74. The van der Waals surface area contributed by atoms with Crippen LogP contribution in [0, 0.1) is 0 Å². The summed E-state index contributed by atoms with van der Waals surface area (Å²) in [6.07, 6.45) is 2.43. The van der Waals surface area contributed by atoms with Crippen LogP contribution in [0.1, 0.15) is 16.1 Å². The summed E-state index contributed by atoms with van der Waals surface area (Å²) in [6, 6.07) is 15.9. The summed E-state index contributed by atoms with van der Waals surface area (Å²) >= 11 is 0. The van der Waals surface area contributed by atoms with Gasteiger partial charge in [0.05, 0.1) is 11.9 Å². The van der Waals surface area contributed by atoms with E-state index in [1.165, 1.54) is 5.56 Å². The first-order valence-corrected chi connectivity index (χ1v) is 9.02. The maximum Gasteiger partial charge on any atom is 0.272 e. The second-order valence-corrected chi connectivity index (χ2v) is 6.24. The third-order valence-electron chi connectivity index (χ3n) is 4.15. The van der Waals surface area contributed by atoms with Crippen molar-refractivity contribution in [2.45, 2.75) is 6.54 Å². The van der Waals surface area contributed by atoms with Crippen molar-refractivity contribution >= 4 is 17.8 Å². The van der Waals surface area contributed by atoms with Gasteiger partial charge in [0.25, 0.3) is 5.91 Å². The molecule has 1 saturated heterocycles. The minimum absolute atomic E-state index is 0.0370. The topological polar surface area (TPSA) is 117 Å². The number of carboxylic acid groups (broad SMARTS) is 2. The van der Waals surface area contributed by atoms with Crippen molar-refractivity contribution in [3.8, 4) is 0 Å². The summed E-state index contributed by atoms with van der Waals surface area (Å²) in [4.78, 5) is 39.6. The molecule has 1 aromatic heterocycles. The average Bonchev–Trinajstić information content (AvgIpc) is 2.74. The lowest BCUT2D eigenvalue weighted by Gasteiger charge is -2.34. The first kappa shape index (κ1) is 21.8. The SMILES string of the molecule is O=C([O-])/C=C/C(=O)[O-].O=C(c1ccccn1)N1CCN(Cc2ccccc2)CC1. The number of piperazine rings is 1. The molecule has 0 unspecified atom stereocenters. The Labute approximate surface area is 168 Å². The number of carbonyl (C=O) groups excluding carboxylic acids is 3. The lowest BCUT2D eigenvalue weighted by Crippen LogP contribution is -2.48. The molecule has 1 aliphatic rings. The molecule has 1 aliphatic heterocycles. The maximum atomic E-state index is 12.3. The van der Waals surface area contributed by atoms with Crippen LogP contribution in [0.3, 0.4) is 0 Å². The predicted octanol–water partition coefficient (Wildman–Crippen LogP) is -0.918. The average molecular weight is 395 g/mol. The Balaban J connectivity index is 0.000000321. The molecule has 0 atom stereocenters. The van der Waals surface area contributed by atoms with Crippen LogP contribution in [0.5, 0.6) is 0 Å². The zero-order chi connectivity index (χ0) is 21.1. The van der Waals surface area contributed by atoms with Gasteiger partial charge in [-0.3, -0.25) is 14.7 Å². The van der Waals surface area contributed by atoms with Crippen molar-refractivity contribution < 1.29 is 24.6 Å². The zero-order valence-corrected chi connectivity index (χ0v) is 15.8. The van der Waals surface area contributed by atoms with Gasteiger partial charge < -0.3 is 24.7 Å². The fraction of sp³-hybridized carbons (Fsp3) is 0.238. The van der Waals surface area contributed by atoms with E-state index in [2.05, 4.69) is 34.1 Å². The quantitative estimate of drug-likeness (QED) is 0.601. The summed E-state index contributed by atoms with van der Waals surface area (Å²) in [5, 5.41) is 18.8. The molecule has 0 spiro atoms. The smallest absolute Gasteiger partial charge is 0.272 e. The maximum absolute atomic E-state index is 12.3. The monoisotopic (exact) mass is 395 g/mol. The Hall–Kier alpha value is -3.52. The van der Waals surface area contributed by atoms with Crippen molar-refractivity contribution in [2.24, 2.45) is 0 Å². The van der Waals surface area contributed by atoms with Crippen molar-refractivity contribution in [3.63, 3.8) is 0 Å². The molecule has 0 aliphatic carbocycles. The van der Waals surface area contributed by atoms with Gasteiger partial charge >= 0.3 is 0 Å². The Morgan fingerprint density at radius 2 is 1.45 bits per heavy atom. The van der Waals surface area contributed by atoms with E-state index in [-0.39, 0.29) is 5.91 Å². The van der Waals surface area contributed by atoms with Gasteiger partial charge in [0.2, 0.25) is 0 Å². The highest BCUT2D eigenvalue weighted by molar-refractivity contribution is 5.92. The van der Waals surface area contributed by atoms with Gasteiger partial charge in [-0.15, -0.1) is 0 Å². The second kappa shape index (κ2) is 11.4. The lowest BCUT2D eigenvalue weighted by molar-refractivity contribution is -0.301. The molecule has 0 saturated carbocycles. The standard InChI is InChI=1S/C17H19N3O.C4H4O4/c21-17(16-8-4-5-9-18-16)20-12-10-19(11-13-20)14-15-6-2-1-3-7-15;5-3(6)1-2-4(7)8/h1-9H,10-14H2;1-2H,(H,5,6)(H,7,8)/p-2/b;2-1+. The predicted molar refractivity (Wildman–Crippen MR) is 101 cm³/mol. The molecular formula is C21H21N3O5-2. The van der Waals surface area contributed by atoms with Crippen LogP contribution in [0.15, 0.2) is 66.9 Å². The van der Waals surface area contributed by atoms with Crippen LogP contribution in [0.25, 0.3) is 0 Å². The third kappa shape index (κ3) is 7.94. The fourth-order valence-corrected chi connectivity index (χ4v) is 2.74. The highest BCUT2D eigenvalue weighted by Crippen LogP contribution is 2.10. The molecule has 8 nitrogen and oxygen atoms in total. The second-order valence-electron chi connectivity index (χ2n) is 6.24. The van der Waals surface area contributed by atoms with E-state index in [1.54, 1.807) is 12.3 Å². The van der Waals surface area contributed by atoms with Gasteiger partial charge in [0.1, 0.15) is 5.69 Å². The molecule has 3 rings (SSSR count). The van der Waals surface area contributed by atoms with Gasteiger partial charge in [-0.2, -0.15) is 0 Å². The van der Waals surface area contributed by atoms with Crippen molar-refractivity contribution in [3.05, 3.63) is 78.1 Å². The summed E-state index contributed by atoms with van der Waals surface area (Å²) in [7, 11) is 0. The number of hydrogen-bond acceptors (Lipinski definition) is 7. The van der Waals surface area contributed by atoms with Gasteiger partial charge in [-0.1, -0.05) is 36.4 Å². The van der Waals surface area contributed by atoms with Crippen LogP contribution in [-0.4, -0.2) is 58.8 Å². The number of aromatic nitrogens is 1. The Kier molecular flexibility index (Phi) is 8.52. The Morgan fingerprint density at radius 1 is 0.862 bits per heavy atom. The van der Waals surface area contributed by atoms with E-state index < -0.39 is 11.9 Å². The largest absolute Gasteiger partial charge is 0.545 e.